The number of benzene rings is 1. The van der Waals surface area contributed by atoms with Crippen LogP contribution in [0.15, 0.2) is 39.3 Å². The van der Waals surface area contributed by atoms with E-state index in [-0.39, 0.29) is 12.0 Å². The molecule has 124 valence electrons. The highest BCUT2D eigenvalue weighted by Gasteiger charge is 2.39. The Morgan fingerprint density at radius 3 is 2.92 bits per heavy atom. The normalized spacial score (nSPS) is 21.3. The summed E-state index contributed by atoms with van der Waals surface area (Å²) in [6.07, 6.45) is -0.244. The fourth-order valence-electron chi connectivity index (χ4n) is 3.04. The Bertz CT molecular complexity index is 852. The van der Waals surface area contributed by atoms with Crippen molar-refractivity contribution in [1.82, 2.24) is 15.0 Å². The van der Waals surface area contributed by atoms with Gasteiger partial charge in [-0.05, 0) is 26.0 Å². The van der Waals surface area contributed by atoms with Crippen molar-refractivity contribution in [2.75, 3.05) is 13.2 Å². The van der Waals surface area contributed by atoms with E-state index in [2.05, 4.69) is 10.1 Å². The average molecular weight is 327 g/mol. The lowest BCUT2D eigenvalue weighted by molar-refractivity contribution is -0.0608. The molecule has 1 saturated heterocycles. The van der Waals surface area contributed by atoms with E-state index in [1.807, 2.05) is 31.2 Å². The smallest absolute Gasteiger partial charge is 0.290 e. The molecule has 3 aromatic rings. The van der Waals surface area contributed by atoms with Gasteiger partial charge in [-0.3, -0.25) is 4.79 Å². The highest BCUT2D eigenvalue weighted by Crippen LogP contribution is 2.31. The van der Waals surface area contributed by atoms with E-state index < -0.39 is 6.04 Å². The fraction of sp³-hybridized carbons (Fsp3) is 0.353. The summed E-state index contributed by atoms with van der Waals surface area (Å²) in [4.78, 5) is 18.9. The third kappa shape index (κ3) is 2.46. The van der Waals surface area contributed by atoms with Crippen molar-refractivity contribution in [2.24, 2.45) is 0 Å². The molecular weight excluding hydrogens is 310 g/mol. The maximum atomic E-state index is 13.0. The first-order valence-electron chi connectivity index (χ1n) is 7.85. The standard InChI is InChI=1S/C17H17N3O4/c1-10-15(16-18-11(2)19-24-16)20(7-8-22-10)17(21)14-9-12-5-3-4-6-13(12)23-14/h3-6,9-10,15H,7-8H2,1-2H3/t10-,15+/m1/s1. The molecule has 1 aromatic carbocycles. The van der Waals surface area contributed by atoms with Crippen molar-refractivity contribution >= 4 is 16.9 Å². The Balaban J connectivity index is 1.70. The van der Waals surface area contributed by atoms with Gasteiger partial charge in [0.15, 0.2) is 11.6 Å². The SMILES string of the molecule is Cc1noc([C@@H]2[C@@H](C)OCCN2C(=O)c2cc3ccccc3o2)n1. The molecule has 1 amide bonds. The van der Waals surface area contributed by atoms with Crippen LogP contribution in [-0.4, -0.2) is 40.2 Å². The van der Waals surface area contributed by atoms with Crippen molar-refractivity contribution in [3.63, 3.8) is 0 Å². The number of rotatable bonds is 2. The second-order valence-corrected chi connectivity index (χ2v) is 5.85. The third-order valence-electron chi connectivity index (χ3n) is 4.19. The molecule has 24 heavy (non-hydrogen) atoms. The van der Waals surface area contributed by atoms with Gasteiger partial charge in [0.1, 0.15) is 11.6 Å². The van der Waals surface area contributed by atoms with E-state index in [4.69, 9.17) is 13.7 Å². The Morgan fingerprint density at radius 1 is 1.33 bits per heavy atom. The van der Waals surface area contributed by atoms with Crippen LogP contribution in [0.2, 0.25) is 0 Å². The molecule has 7 nitrogen and oxygen atoms in total. The van der Waals surface area contributed by atoms with Crippen molar-refractivity contribution < 1.29 is 18.5 Å². The van der Waals surface area contributed by atoms with E-state index in [1.54, 1.807) is 17.9 Å². The molecular formula is C17H17N3O4. The molecule has 4 rings (SSSR count). The molecule has 1 aliphatic heterocycles. The van der Waals surface area contributed by atoms with Crippen LogP contribution < -0.4 is 0 Å². The van der Waals surface area contributed by atoms with E-state index >= 15 is 0 Å². The summed E-state index contributed by atoms with van der Waals surface area (Å²) >= 11 is 0. The second-order valence-electron chi connectivity index (χ2n) is 5.85. The zero-order valence-electron chi connectivity index (χ0n) is 13.4. The molecule has 0 N–H and O–H groups in total. The molecule has 7 heteroatoms. The van der Waals surface area contributed by atoms with Gasteiger partial charge in [-0.2, -0.15) is 4.98 Å². The summed E-state index contributed by atoms with van der Waals surface area (Å²) in [6.45, 7) is 4.53. The molecule has 3 heterocycles. The van der Waals surface area contributed by atoms with Crippen molar-refractivity contribution in [3.8, 4) is 0 Å². The predicted molar refractivity (Wildman–Crippen MR) is 84.4 cm³/mol. The molecule has 0 saturated carbocycles. The topological polar surface area (TPSA) is 81.6 Å². The van der Waals surface area contributed by atoms with E-state index in [9.17, 15) is 4.79 Å². The third-order valence-corrected chi connectivity index (χ3v) is 4.19. The number of aromatic nitrogens is 2. The molecule has 0 unspecified atom stereocenters. The largest absolute Gasteiger partial charge is 0.451 e. The Kier molecular flexibility index (Phi) is 3.57. The van der Waals surface area contributed by atoms with Gasteiger partial charge < -0.3 is 18.6 Å². The van der Waals surface area contributed by atoms with Crippen molar-refractivity contribution in [2.45, 2.75) is 26.0 Å². The van der Waals surface area contributed by atoms with Gasteiger partial charge >= 0.3 is 0 Å². The molecule has 2 aromatic heterocycles. The van der Waals surface area contributed by atoms with Crippen LogP contribution in [0.4, 0.5) is 0 Å². The Hall–Kier alpha value is -2.67. The summed E-state index contributed by atoms with van der Waals surface area (Å²) in [5.74, 6) is 0.997. The van der Waals surface area contributed by atoms with Crippen molar-refractivity contribution in [3.05, 3.63) is 47.8 Å². The van der Waals surface area contributed by atoms with Crippen LogP contribution in [-0.2, 0) is 4.74 Å². The number of fused-ring (bicyclic) bond motifs is 1. The van der Waals surface area contributed by atoms with Crippen LogP contribution in [0.5, 0.6) is 0 Å². The van der Waals surface area contributed by atoms with Crippen LogP contribution >= 0.6 is 0 Å². The van der Waals surface area contributed by atoms with Gasteiger partial charge in [0, 0.05) is 11.9 Å². The second kappa shape index (κ2) is 5.76. The predicted octanol–water partition coefficient (Wildman–Crippen LogP) is 2.73. The van der Waals surface area contributed by atoms with E-state index in [0.29, 0.717) is 36.2 Å². The molecule has 1 aliphatic rings. The highest BCUT2D eigenvalue weighted by atomic mass is 16.5. The molecule has 0 spiro atoms. The van der Waals surface area contributed by atoms with Gasteiger partial charge in [-0.1, -0.05) is 23.4 Å². The average Bonchev–Trinajstić information content (AvgIpc) is 3.20. The maximum absolute atomic E-state index is 13.0. The minimum atomic E-state index is -0.430. The molecule has 1 fully saturated rings. The van der Waals surface area contributed by atoms with E-state index in [0.717, 1.165) is 5.39 Å². The van der Waals surface area contributed by atoms with Gasteiger partial charge in [-0.25, -0.2) is 0 Å². The lowest BCUT2D eigenvalue weighted by atomic mass is 10.1. The summed E-state index contributed by atoms with van der Waals surface area (Å²) in [7, 11) is 0. The number of hydrogen-bond acceptors (Lipinski definition) is 6. The summed E-state index contributed by atoms with van der Waals surface area (Å²) in [6, 6.07) is 8.87. The molecule has 0 radical (unpaired) electrons. The van der Waals surface area contributed by atoms with Gasteiger partial charge in [-0.15, -0.1) is 0 Å². The number of aryl methyl sites for hydroxylation is 1. The highest BCUT2D eigenvalue weighted by molar-refractivity contribution is 5.96. The lowest BCUT2D eigenvalue weighted by Gasteiger charge is -2.37. The van der Waals surface area contributed by atoms with Gasteiger partial charge in [0.2, 0.25) is 0 Å². The fourth-order valence-corrected chi connectivity index (χ4v) is 3.04. The number of carbonyl (C=O) groups is 1. The quantitative estimate of drug-likeness (QED) is 0.720. The number of para-hydroxylation sites is 1. The minimum Gasteiger partial charge on any atom is -0.451 e. The molecule has 2 atom stereocenters. The summed E-state index contributed by atoms with van der Waals surface area (Å²) < 4.78 is 16.7. The van der Waals surface area contributed by atoms with Gasteiger partial charge in [0.05, 0.1) is 12.7 Å². The minimum absolute atomic E-state index is 0.206. The number of morpholine rings is 1. The zero-order chi connectivity index (χ0) is 16.7. The van der Waals surface area contributed by atoms with Crippen LogP contribution in [0.1, 0.15) is 35.2 Å². The number of furan rings is 1. The maximum Gasteiger partial charge on any atom is 0.290 e. The van der Waals surface area contributed by atoms with E-state index in [1.165, 1.54) is 0 Å². The van der Waals surface area contributed by atoms with Crippen LogP contribution in [0.3, 0.4) is 0 Å². The molecule has 0 aliphatic carbocycles. The first kappa shape index (κ1) is 14.9. The Labute approximate surface area is 138 Å². The van der Waals surface area contributed by atoms with Crippen LogP contribution in [0.25, 0.3) is 11.0 Å². The monoisotopic (exact) mass is 327 g/mol. The summed E-state index contributed by atoms with van der Waals surface area (Å²) in [5, 5.41) is 4.72. The lowest BCUT2D eigenvalue weighted by Crippen LogP contribution is -2.47. The number of amides is 1. The van der Waals surface area contributed by atoms with Crippen LogP contribution in [0, 0.1) is 6.92 Å². The number of ether oxygens (including phenoxy) is 1. The first-order valence-corrected chi connectivity index (χ1v) is 7.85. The van der Waals surface area contributed by atoms with Gasteiger partial charge in [0.25, 0.3) is 11.8 Å². The number of hydrogen-bond donors (Lipinski definition) is 0. The number of carbonyl (C=O) groups excluding carboxylic acids is 1. The Morgan fingerprint density at radius 2 is 2.17 bits per heavy atom. The van der Waals surface area contributed by atoms with Crippen molar-refractivity contribution in [1.29, 1.82) is 0 Å². The zero-order valence-corrected chi connectivity index (χ0v) is 13.4. The first-order chi connectivity index (χ1) is 11.6. The molecule has 0 bridgehead atoms. The summed E-state index contributed by atoms with van der Waals surface area (Å²) in [5.41, 5.74) is 0.687. The number of nitrogens with zero attached hydrogens (tertiary/aromatic N) is 3.